The molecule has 0 bridgehead atoms. The third-order valence-electron chi connectivity index (χ3n) is 3.14. The second-order valence-electron chi connectivity index (χ2n) is 4.37. The van der Waals surface area contributed by atoms with Crippen molar-refractivity contribution in [1.29, 1.82) is 0 Å². The Kier molecular flexibility index (Phi) is 3.46. The number of hydrogen-bond donors (Lipinski definition) is 1. The van der Waals surface area contributed by atoms with Crippen LogP contribution in [0.5, 0.6) is 0 Å². The first-order valence-electron chi connectivity index (χ1n) is 6.34. The zero-order chi connectivity index (χ0) is 14.1. The van der Waals surface area contributed by atoms with Gasteiger partial charge in [0.05, 0.1) is 16.3 Å². The van der Waals surface area contributed by atoms with Gasteiger partial charge in [0, 0.05) is 15.9 Å². The number of para-hydroxylation sites is 2. The number of hydrogen-bond acceptors (Lipinski definition) is 4. The number of carbonyl (C=O) groups is 1. The molecule has 0 spiro atoms. The van der Waals surface area contributed by atoms with E-state index in [1.165, 1.54) is 11.3 Å². The largest absolute Gasteiger partial charge is 0.397 e. The van der Waals surface area contributed by atoms with Crippen LogP contribution in [0.15, 0.2) is 41.8 Å². The van der Waals surface area contributed by atoms with Gasteiger partial charge in [0.15, 0.2) is 0 Å². The first kappa shape index (κ1) is 13.1. The predicted octanol–water partition coefficient (Wildman–Crippen LogP) is 4.21. The van der Waals surface area contributed by atoms with E-state index in [0.29, 0.717) is 12.2 Å². The molecular weight excluding hydrogens is 288 g/mol. The Morgan fingerprint density at radius 3 is 2.75 bits per heavy atom. The van der Waals surface area contributed by atoms with Gasteiger partial charge in [0.1, 0.15) is 0 Å². The standard InChI is InChI=1S/C15H14N2OS2/c1-2-17(11-6-4-3-5-10(11)16)15(18)14-9-13-12(20-14)7-8-19-13/h3-9H,2,16H2,1H3. The van der Waals surface area contributed by atoms with Gasteiger partial charge in [-0.25, -0.2) is 0 Å². The van der Waals surface area contributed by atoms with E-state index in [4.69, 9.17) is 5.73 Å². The molecule has 20 heavy (non-hydrogen) atoms. The van der Waals surface area contributed by atoms with E-state index in [1.807, 2.05) is 42.6 Å². The molecule has 5 heteroatoms. The highest BCUT2D eigenvalue weighted by Gasteiger charge is 2.20. The molecule has 0 saturated heterocycles. The Balaban J connectivity index is 1.99. The van der Waals surface area contributed by atoms with E-state index in [9.17, 15) is 4.79 Å². The summed E-state index contributed by atoms with van der Waals surface area (Å²) < 4.78 is 2.32. The fourth-order valence-electron chi connectivity index (χ4n) is 2.16. The van der Waals surface area contributed by atoms with E-state index in [1.54, 1.807) is 16.2 Å². The van der Waals surface area contributed by atoms with Crippen LogP contribution >= 0.6 is 22.7 Å². The van der Waals surface area contributed by atoms with Crippen molar-refractivity contribution >= 4 is 49.4 Å². The lowest BCUT2D eigenvalue weighted by molar-refractivity contribution is 0.0992. The number of nitrogens with two attached hydrogens (primary N) is 1. The highest BCUT2D eigenvalue weighted by Crippen LogP contribution is 2.32. The van der Waals surface area contributed by atoms with Crippen LogP contribution in [0.2, 0.25) is 0 Å². The van der Waals surface area contributed by atoms with E-state index >= 15 is 0 Å². The molecule has 3 aromatic rings. The lowest BCUT2D eigenvalue weighted by Crippen LogP contribution is -2.30. The summed E-state index contributed by atoms with van der Waals surface area (Å²) in [5.41, 5.74) is 7.38. The minimum Gasteiger partial charge on any atom is -0.397 e. The average Bonchev–Trinajstić information content (AvgIpc) is 3.02. The van der Waals surface area contributed by atoms with Crippen molar-refractivity contribution in [1.82, 2.24) is 0 Å². The van der Waals surface area contributed by atoms with Crippen LogP contribution in [0, 0.1) is 0 Å². The van der Waals surface area contributed by atoms with Crippen molar-refractivity contribution in [3.8, 4) is 0 Å². The summed E-state index contributed by atoms with van der Waals surface area (Å²) in [4.78, 5) is 15.2. The van der Waals surface area contributed by atoms with Crippen LogP contribution in [-0.2, 0) is 0 Å². The number of carbonyl (C=O) groups excluding carboxylic acids is 1. The third kappa shape index (κ3) is 2.19. The van der Waals surface area contributed by atoms with E-state index in [2.05, 4.69) is 6.07 Å². The molecular formula is C15H14N2OS2. The average molecular weight is 302 g/mol. The molecule has 0 radical (unpaired) electrons. The Labute approximate surface area is 125 Å². The summed E-state index contributed by atoms with van der Waals surface area (Å²) in [5.74, 6) is 0.0128. The SMILES string of the molecule is CCN(C(=O)c1cc2sccc2s1)c1ccccc1N. The van der Waals surface area contributed by atoms with Crippen LogP contribution in [-0.4, -0.2) is 12.5 Å². The number of anilines is 2. The number of thiophene rings is 2. The first-order chi connectivity index (χ1) is 9.70. The maximum Gasteiger partial charge on any atom is 0.268 e. The molecule has 0 aliphatic rings. The molecule has 2 heterocycles. The minimum absolute atomic E-state index is 0.0128. The Hall–Kier alpha value is -1.85. The number of amides is 1. The molecule has 0 unspecified atom stereocenters. The summed E-state index contributed by atoms with van der Waals surface area (Å²) in [6.07, 6.45) is 0. The number of nitrogen functional groups attached to an aromatic ring is 1. The lowest BCUT2D eigenvalue weighted by atomic mass is 10.2. The van der Waals surface area contributed by atoms with E-state index in [0.717, 1.165) is 20.0 Å². The van der Waals surface area contributed by atoms with Crippen molar-refractivity contribution < 1.29 is 4.79 Å². The molecule has 3 nitrogen and oxygen atoms in total. The van der Waals surface area contributed by atoms with Gasteiger partial charge in [0.2, 0.25) is 0 Å². The van der Waals surface area contributed by atoms with Crippen LogP contribution in [0.1, 0.15) is 16.6 Å². The van der Waals surface area contributed by atoms with Gasteiger partial charge in [0.25, 0.3) is 5.91 Å². The van der Waals surface area contributed by atoms with Gasteiger partial charge in [-0.2, -0.15) is 0 Å². The molecule has 0 atom stereocenters. The van der Waals surface area contributed by atoms with E-state index in [-0.39, 0.29) is 5.91 Å². The van der Waals surface area contributed by atoms with Crippen molar-refractivity contribution in [3.05, 3.63) is 46.7 Å². The van der Waals surface area contributed by atoms with Gasteiger partial charge >= 0.3 is 0 Å². The number of nitrogens with zero attached hydrogens (tertiary/aromatic N) is 1. The monoisotopic (exact) mass is 302 g/mol. The van der Waals surface area contributed by atoms with Crippen LogP contribution < -0.4 is 10.6 Å². The smallest absolute Gasteiger partial charge is 0.268 e. The fourth-order valence-corrected chi connectivity index (χ4v) is 4.22. The highest BCUT2D eigenvalue weighted by atomic mass is 32.1. The Morgan fingerprint density at radius 2 is 2.05 bits per heavy atom. The molecule has 1 aromatic carbocycles. The van der Waals surface area contributed by atoms with Crippen molar-refractivity contribution in [3.63, 3.8) is 0 Å². The zero-order valence-electron chi connectivity index (χ0n) is 11.0. The highest BCUT2D eigenvalue weighted by molar-refractivity contribution is 7.27. The minimum atomic E-state index is 0.0128. The summed E-state index contributed by atoms with van der Waals surface area (Å²) in [6, 6.07) is 11.5. The van der Waals surface area contributed by atoms with Crippen LogP contribution in [0.3, 0.4) is 0 Å². The summed E-state index contributed by atoms with van der Waals surface area (Å²) >= 11 is 3.19. The number of benzene rings is 1. The number of fused-ring (bicyclic) bond motifs is 1. The maximum absolute atomic E-state index is 12.7. The number of rotatable bonds is 3. The summed E-state index contributed by atoms with van der Waals surface area (Å²) in [7, 11) is 0. The molecule has 0 fully saturated rings. The van der Waals surface area contributed by atoms with Gasteiger partial charge in [-0.1, -0.05) is 12.1 Å². The zero-order valence-corrected chi connectivity index (χ0v) is 12.6. The Bertz CT molecular complexity index is 731. The molecule has 2 N–H and O–H groups in total. The molecule has 1 amide bonds. The van der Waals surface area contributed by atoms with Crippen molar-refractivity contribution in [2.75, 3.05) is 17.2 Å². The molecule has 2 aromatic heterocycles. The fraction of sp³-hybridized carbons (Fsp3) is 0.133. The molecule has 102 valence electrons. The van der Waals surface area contributed by atoms with Crippen molar-refractivity contribution in [2.45, 2.75) is 6.92 Å². The molecule has 0 aliphatic carbocycles. The second kappa shape index (κ2) is 5.26. The molecule has 0 saturated carbocycles. The second-order valence-corrected chi connectivity index (χ2v) is 6.40. The van der Waals surface area contributed by atoms with Crippen LogP contribution in [0.25, 0.3) is 9.40 Å². The molecule has 0 aliphatic heterocycles. The topological polar surface area (TPSA) is 46.3 Å². The van der Waals surface area contributed by atoms with Crippen molar-refractivity contribution in [2.24, 2.45) is 0 Å². The van der Waals surface area contributed by atoms with Gasteiger partial charge < -0.3 is 10.6 Å². The van der Waals surface area contributed by atoms with Gasteiger partial charge in [-0.05, 0) is 36.6 Å². The molecule has 3 rings (SSSR count). The lowest BCUT2D eigenvalue weighted by Gasteiger charge is -2.21. The van der Waals surface area contributed by atoms with E-state index < -0.39 is 0 Å². The normalized spacial score (nSPS) is 10.8. The quantitative estimate of drug-likeness (QED) is 0.737. The van der Waals surface area contributed by atoms with Crippen LogP contribution in [0.4, 0.5) is 11.4 Å². The van der Waals surface area contributed by atoms with Gasteiger partial charge in [-0.3, -0.25) is 4.79 Å². The third-order valence-corrected chi connectivity index (χ3v) is 5.22. The first-order valence-corrected chi connectivity index (χ1v) is 8.03. The maximum atomic E-state index is 12.7. The summed E-state index contributed by atoms with van der Waals surface area (Å²) in [6.45, 7) is 2.55. The predicted molar refractivity (Wildman–Crippen MR) is 87.9 cm³/mol. The summed E-state index contributed by atoms with van der Waals surface area (Å²) in [5, 5.41) is 2.04. The van der Waals surface area contributed by atoms with Gasteiger partial charge in [-0.15, -0.1) is 22.7 Å². The Morgan fingerprint density at radius 1 is 1.25 bits per heavy atom.